The Morgan fingerprint density at radius 2 is 2.00 bits per heavy atom. The topological polar surface area (TPSA) is 20.2 Å². The highest BCUT2D eigenvalue weighted by Crippen LogP contribution is 2.34. The van der Waals surface area contributed by atoms with Crippen molar-refractivity contribution in [2.24, 2.45) is 5.41 Å². The summed E-state index contributed by atoms with van der Waals surface area (Å²) in [4.78, 5) is 0. The molecular formula is C13H18BrClO. The van der Waals surface area contributed by atoms with E-state index in [2.05, 4.69) is 36.7 Å². The van der Waals surface area contributed by atoms with Crippen molar-refractivity contribution in [2.45, 2.75) is 39.7 Å². The summed E-state index contributed by atoms with van der Waals surface area (Å²) in [6, 6.07) is 5.65. The monoisotopic (exact) mass is 304 g/mol. The third-order valence-corrected chi connectivity index (χ3v) is 3.82. The van der Waals surface area contributed by atoms with Gasteiger partial charge in [0.1, 0.15) is 0 Å². The Hall–Kier alpha value is -0.0500. The largest absolute Gasteiger partial charge is 0.388 e. The minimum Gasteiger partial charge on any atom is -0.388 e. The summed E-state index contributed by atoms with van der Waals surface area (Å²) in [6.45, 7) is 6.51. The molecule has 0 fully saturated rings. The van der Waals surface area contributed by atoms with Crippen LogP contribution in [-0.4, -0.2) is 5.11 Å². The third-order valence-electron chi connectivity index (χ3n) is 2.51. The van der Waals surface area contributed by atoms with E-state index in [4.69, 9.17) is 11.6 Å². The van der Waals surface area contributed by atoms with Gasteiger partial charge >= 0.3 is 0 Å². The number of aliphatic hydroxyl groups is 1. The molecule has 1 rings (SSSR count). The number of hydrogen-bond donors (Lipinski definition) is 1. The van der Waals surface area contributed by atoms with E-state index < -0.39 is 6.10 Å². The first-order valence-electron chi connectivity index (χ1n) is 5.43. The molecule has 90 valence electrons. The van der Waals surface area contributed by atoms with Crippen LogP contribution in [0.5, 0.6) is 0 Å². The van der Waals surface area contributed by atoms with Crippen LogP contribution in [0, 0.1) is 5.41 Å². The molecule has 1 unspecified atom stereocenters. The molecule has 1 N–H and O–H groups in total. The molecule has 1 aromatic rings. The maximum absolute atomic E-state index is 10.1. The molecule has 0 aliphatic heterocycles. The number of hydrogen-bond acceptors (Lipinski definition) is 1. The van der Waals surface area contributed by atoms with E-state index in [0.717, 1.165) is 22.9 Å². The van der Waals surface area contributed by atoms with Crippen molar-refractivity contribution in [3.63, 3.8) is 0 Å². The Kier molecular flexibility index (Phi) is 4.84. The number of rotatable bonds is 3. The zero-order valence-electron chi connectivity index (χ0n) is 9.93. The van der Waals surface area contributed by atoms with E-state index in [0.29, 0.717) is 5.02 Å². The fourth-order valence-corrected chi connectivity index (χ4v) is 2.14. The van der Waals surface area contributed by atoms with Gasteiger partial charge in [0.05, 0.1) is 11.1 Å². The number of halogens is 2. The van der Waals surface area contributed by atoms with Crippen LogP contribution in [0.25, 0.3) is 0 Å². The predicted octanol–water partition coefficient (Wildman–Crippen LogP) is 4.96. The molecule has 16 heavy (non-hydrogen) atoms. The highest BCUT2D eigenvalue weighted by Gasteiger charge is 2.17. The fraction of sp³-hybridized carbons (Fsp3) is 0.538. The lowest BCUT2D eigenvalue weighted by Crippen LogP contribution is -2.08. The van der Waals surface area contributed by atoms with Crippen LogP contribution in [0.3, 0.4) is 0 Å². The lowest BCUT2D eigenvalue weighted by molar-refractivity contribution is 0.147. The van der Waals surface area contributed by atoms with Gasteiger partial charge in [-0.2, -0.15) is 0 Å². The normalized spacial score (nSPS) is 13.9. The van der Waals surface area contributed by atoms with E-state index in [9.17, 15) is 5.11 Å². The Morgan fingerprint density at radius 3 is 2.56 bits per heavy atom. The lowest BCUT2D eigenvalue weighted by atomic mass is 9.88. The van der Waals surface area contributed by atoms with Crippen LogP contribution < -0.4 is 0 Å². The van der Waals surface area contributed by atoms with Crippen molar-refractivity contribution < 1.29 is 5.11 Å². The van der Waals surface area contributed by atoms with Crippen molar-refractivity contribution >= 4 is 27.5 Å². The van der Waals surface area contributed by atoms with Crippen molar-refractivity contribution in [1.29, 1.82) is 0 Å². The van der Waals surface area contributed by atoms with Gasteiger partial charge in [0.15, 0.2) is 0 Å². The van der Waals surface area contributed by atoms with E-state index in [1.54, 1.807) is 0 Å². The summed E-state index contributed by atoms with van der Waals surface area (Å²) in [6.07, 6.45) is 1.22. The maximum atomic E-state index is 10.1. The fourth-order valence-electron chi connectivity index (χ4n) is 1.50. The Balaban J connectivity index is 2.73. The second kappa shape index (κ2) is 5.52. The minimum atomic E-state index is -0.482. The molecule has 0 spiro atoms. The van der Waals surface area contributed by atoms with Crippen LogP contribution in [0.15, 0.2) is 22.7 Å². The molecule has 0 aromatic heterocycles. The quantitative estimate of drug-likeness (QED) is 0.836. The van der Waals surface area contributed by atoms with Crippen molar-refractivity contribution in [1.82, 2.24) is 0 Å². The first-order valence-corrected chi connectivity index (χ1v) is 6.60. The zero-order valence-corrected chi connectivity index (χ0v) is 12.3. The van der Waals surface area contributed by atoms with E-state index >= 15 is 0 Å². The number of aliphatic hydroxyl groups excluding tert-OH is 1. The van der Waals surface area contributed by atoms with Gasteiger partial charge in [-0.25, -0.2) is 0 Å². The smallest absolute Gasteiger partial charge is 0.0805 e. The van der Waals surface area contributed by atoms with Crippen LogP contribution >= 0.6 is 27.5 Å². The van der Waals surface area contributed by atoms with Crippen molar-refractivity contribution in [2.75, 3.05) is 0 Å². The first-order chi connectivity index (χ1) is 7.31. The molecular weight excluding hydrogens is 287 g/mol. The van der Waals surface area contributed by atoms with Gasteiger partial charge in [-0.3, -0.25) is 0 Å². The van der Waals surface area contributed by atoms with E-state index in [1.807, 2.05) is 18.2 Å². The second-order valence-corrected chi connectivity index (χ2v) is 6.49. The van der Waals surface area contributed by atoms with Gasteiger partial charge in [0.2, 0.25) is 0 Å². The molecule has 3 heteroatoms. The van der Waals surface area contributed by atoms with Crippen LogP contribution in [0.2, 0.25) is 5.02 Å². The van der Waals surface area contributed by atoms with E-state index in [1.165, 1.54) is 0 Å². The predicted molar refractivity (Wildman–Crippen MR) is 72.8 cm³/mol. The summed E-state index contributed by atoms with van der Waals surface area (Å²) >= 11 is 9.49. The molecule has 0 aliphatic rings. The zero-order chi connectivity index (χ0) is 12.3. The summed E-state index contributed by atoms with van der Waals surface area (Å²) in [5, 5.41) is 10.7. The summed E-state index contributed by atoms with van der Waals surface area (Å²) in [7, 11) is 0. The summed E-state index contributed by atoms with van der Waals surface area (Å²) in [5.74, 6) is 0. The van der Waals surface area contributed by atoms with Gasteiger partial charge in [-0.15, -0.1) is 0 Å². The van der Waals surface area contributed by atoms with Crippen molar-refractivity contribution in [3.8, 4) is 0 Å². The van der Waals surface area contributed by atoms with Gasteiger partial charge in [0, 0.05) is 10.0 Å². The molecule has 0 saturated heterocycles. The first kappa shape index (κ1) is 14.0. The SMILES string of the molecule is CC(C)(C)CCC(O)c1cccc(Br)c1Cl. The second-order valence-electron chi connectivity index (χ2n) is 5.26. The standard InChI is InChI=1S/C13H18BrClO/c1-13(2,3)8-7-11(16)9-5-4-6-10(14)12(9)15/h4-6,11,16H,7-8H2,1-3H3. The lowest BCUT2D eigenvalue weighted by Gasteiger charge is -2.21. The van der Waals surface area contributed by atoms with Gasteiger partial charge in [0.25, 0.3) is 0 Å². The molecule has 0 aliphatic carbocycles. The number of benzene rings is 1. The van der Waals surface area contributed by atoms with Crippen LogP contribution in [-0.2, 0) is 0 Å². The molecule has 0 radical (unpaired) electrons. The molecule has 1 atom stereocenters. The summed E-state index contributed by atoms with van der Waals surface area (Å²) in [5.41, 5.74) is 1.04. The van der Waals surface area contributed by atoms with Gasteiger partial charge in [-0.1, -0.05) is 44.5 Å². The minimum absolute atomic E-state index is 0.236. The molecule has 0 heterocycles. The Bertz CT molecular complexity index is 357. The van der Waals surface area contributed by atoms with Crippen LogP contribution in [0.1, 0.15) is 45.3 Å². The third kappa shape index (κ3) is 4.08. The van der Waals surface area contributed by atoms with Crippen LogP contribution in [0.4, 0.5) is 0 Å². The molecule has 1 nitrogen and oxygen atoms in total. The average molecular weight is 306 g/mol. The Morgan fingerprint density at radius 1 is 1.38 bits per heavy atom. The highest BCUT2D eigenvalue weighted by atomic mass is 79.9. The molecule has 1 aromatic carbocycles. The maximum Gasteiger partial charge on any atom is 0.0805 e. The Labute approximate surface area is 111 Å². The van der Waals surface area contributed by atoms with E-state index in [-0.39, 0.29) is 5.41 Å². The van der Waals surface area contributed by atoms with Crippen molar-refractivity contribution in [3.05, 3.63) is 33.3 Å². The molecule has 0 bridgehead atoms. The highest BCUT2D eigenvalue weighted by molar-refractivity contribution is 9.10. The van der Waals surface area contributed by atoms with Gasteiger partial charge in [-0.05, 0) is 40.3 Å². The van der Waals surface area contributed by atoms with Gasteiger partial charge < -0.3 is 5.11 Å². The average Bonchev–Trinajstić information content (AvgIpc) is 2.17. The molecule has 0 amide bonds. The summed E-state index contributed by atoms with van der Waals surface area (Å²) < 4.78 is 0.835. The molecule has 0 saturated carbocycles.